The van der Waals surface area contributed by atoms with Gasteiger partial charge in [0.15, 0.2) is 0 Å². The summed E-state index contributed by atoms with van der Waals surface area (Å²) in [6, 6.07) is 3.52. The first kappa shape index (κ1) is 16.3. The first-order valence-corrected chi connectivity index (χ1v) is 6.80. The first-order chi connectivity index (χ1) is 9.08. The molecule has 0 radical (unpaired) electrons. The molecule has 5 heteroatoms. The van der Waals surface area contributed by atoms with Crippen LogP contribution in [0.25, 0.3) is 0 Å². The Balaban J connectivity index is 2.83. The van der Waals surface area contributed by atoms with Gasteiger partial charge in [-0.3, -0.25) is 0 Å². The number of benzene rings is 1. The van der Waals surface area contributed by atoms with E-state index in [1.165, 1.54) is 0 Å². The Morgan fingerprint density at radius 1 is 1.42 bits per heavy atom. The number of nitrogens with one attached hydrogen (secondary N) is 1. The fraction of sp³-hybridized carbons (Fsp3) is 0.429. The van der Waals surface area contributed by atoms with Crippen molar-refractivity contribution in [1.29, 1.82) is 0 Å². The smallest absolute Gasteiger partial charge is 0.143 e. The minimum Gasteiger partial charge on any atom is -0.485 e. The molecular formula is C14H19Cl2NO2. The van der Waals surface area contributed by atoms with E-state index in [1.807, 2.05) is 13.0 Å². The highest BCUT2D eigenvalue weighted by Gasteiger charge is 2.12. The van der Waals surface area contributed by atoms with Crippen molar-refractivity contribution in [3.63, 3.8) is 0 Å². The molecule has 1 unspecified atom stereocenters. The molecular weight excluding hydrogens is 285 g/mol. The molecule has 0 saturated heterocycles. The lowest BCUT2D eigenvalue weighted by molar-refractivity contribution is 0.199. The second-order valence-electron chi connectivity index (χ2n) is 4.10. The van der Waals surface area contributed by atoms with Crippen molar-refractivity contribution < 1.29 is 9.47 Å². The Morgan fingerprint density at radius 2 is 2.16 bits per heavy atom. The van der Waals surface area contributed by atoms with E-state index in [1.54, 1.807) is 19.3 Å². The van der Waals surface area contributed by atoms with Gasteiger partial charge in [-0.15, -0.1) is 0 Å². The lowest BCUT2D eigenvalue weighted by Crippen LogP contribution is -2.20. The Morgan fingerprint density at radius 3 is 2.79 bits per heavy atom. The van der Waals surface area contributed by atoms with Crippen LogP contribution in [-0.2, 0) is 11.3 Å². The van der Waals surface area contributed by atoms with E-state index < -0.39 is 0 Å². The maximum atomic E-state index is 6.18. The van der Waals surface area contributed by atoms with E-state index in [2.05, 4.69) is 11.9 Å². The predicted octanol–water partition coefficient (Wildman–Crippen LogP) is 3.68. The summed E-state index contributed by atoms with van der Waals surface area (Å²) < 4.78 is 10.7. The zero-order chi connectivity index (χ0) is 14.3. The third kappa shape index (κ3) is 5.41. The van der Waals surface area contributed by atoms with E-state index in [4.69, 9.17) is 32.7 Å². The molecule has 1 rings (SSSR count). The molecule has 0 aliphatic carbocycles. The molecule has 0 fully saturated rings. The summed E-state index contributed by atoms with van der Waals surface area (Å²) in [6.45, 7) is 7.60. The SMILES string of the molecule is C=CC(C)Oc1c(Cl)cc(Cl)cc1CNCCOC. The lowest BCUT2D eigenvalue weighted by Gasteiger charge is -2.17. The summed E-state index contributed by atoms with van der Waals surface area (Å²) in [5.74, 6) is 0.642. The minimum absolute atomic E-state index is 0.114. The van der Waals surface area contributed by atoms with Crippen LogP contribution in [-0.4, -0.2) is 26.4 Å². The van der Waals surface area contributed by atoms with Gasteiger partial charge in [0.1, 0.15) is 11.9 Å². The maximum Gasteiger partial charge on any atom is 0.143 e. The summed E-state index contributed by atoms with van der Waals surface area (Å²) in [7, 11) is 1.66. The molecule has 1 aromatic carbocycles. The van der Waals surface area contributed by atoms with Crippen LogP contribution in [0.15, 0.2) is 24.8 Å². The first-order valence-electron chi connectivity index (χ1n) is 6.05. The predicted molar refractivity (Wildman–Crippen MR) is 80.3 cm³/mol. The molecule has 106 valence electrons. The van der Waals surface area contributed by atoms with E-state index in [-0.39, 0.29) is 6.10 Å². The normalized spacial score (nSPS) is 12.2. The molecule has 0 saturated carbocycles. The van der Waals surface area contributed by atoms with Crippen molar-refractivity contribution in [2.75, 3.05) is 20.3 Å². The van der Waals surface area contributed by atoms with Crippen molar-refractivity contribution in [2.24, 2.45) is 0 Å². The molecule has 0 bridgehead atoms. The summed E-state index contributed by atoms with van der Waals surface area (Å²) >= 11 is 12.2. The van der Waals surface area contributed by atoms with Gasteiger partial charge < -0.3 is 14.8 Å². The van der Waals surface area contributed by atoms with Crippen LogP contribution < -0.4 is 10.1 Å². The van der Waals surface area contributed by atoms with Gasteiger partial charge in [0.05, 0.1) is 11.6 Å². The van der Waals surface area contributed by atoms with E-state index >= 15 is 0 Å². The van der Waals surface area contributed by atoms with Gasteiger partial charge in [0, 0.05) is 30.8 Å². The number of methoxy groups -OCH3 is 1. The van der Waals surface area contributed by atoms with Crippen molar-refractivity contribution >= 4 is 23.2 Å². The van der Waals surface area contributed by atoms with Crippen LogP contribution in [0.4, 0.5) is 0 Å². The third-order valence-corrected chi connectivity index (χ3v) is 3.02. The van der Waals surface area contributed by atoms with Gasteiger partial charge in [-0.25, -0.2) is 0 Å². The van der Waals surface area contributed by atoms with E-state index in [0.717, 1.165) is 12.1 Å². The molecule has 0 aliphatic heterocycles. The monoisotopic (exact) mass is 303 g/mol. The van der Waals surface area contributed by atoms with Crippen LogP contribution in [0, 0.1) is 0 Å². The second kappa shape index (κ2) is 8.43. The van der Waals surface area contributed by atoms with Crippen molar-refractivity contribution in [3.8, 4) is 5.75 Å². The number of halogens is 2. The fourth-order valence-corrected chi connectivity index (χ4v) is 2.09. The molecule has 1 aromatic rings. The molecule has 1 N–H and O–H groups in total. The van der Waals surface area contributed by atoms with Crippen molar-refractivity contribution in [3.05, 3.63) is 40.4 Å². The van der Waals surface area contributed by atoms with Gasteiger partial charge in [0.2, 0.25) is 0 Å². The standard InChI is InChI=1S/C14H19Cl2NO2/c1-4-10(2)19-14-11(9-17-5-6-18-3)7-12(15)8-13(14)16/h4,7-8,10,17H,1,5-6,9H2,2-3H3. The largest absolute Gasteiger partial charge is 0.485 e. The quantitative estimate of drug-likeness (QED) is 0.587. The van der Waals surface area contributed by atoms with Crippen LogP contribution in [0.3, 0.4) is 0 Å². The van der Waals surface area contributed by atoms with Crippen molar-refractivity contribution in [2.45, 2.75) is 19.6 Å². The summed E-state index contributed by atoms with van der Waals surface area (Å²) in [4.78, 5) is 0. The van der Waals surface area contributed by atoms with Crippen LogP contribution in [0.5, 0.6) is 5.75 Å². The second-order valence-corrected chi connectivity index (χ2v) is 4.95. The van der Waals surface area contributed by atoms with Crippen LogP contribution >= 0.6 is 23.2 Å². The zero-order valence-corrected chi connectivity index (χ0v) is 12.7. The third-order valence-electron chi connectivity index (χ3n) is 2.52. The lowest BCUT2D eigenvalue weighted by atomic mass is 10.2. The van der Waals surface area contributed by atoms with Crippen molar-refractivity contribution in [1.82, 2.24) is 5.32 Å². The van der Waals surface area contributed by atoms with Gasteiger partial charge in [0.25, 0.3) is 0 Å². The topological polar surface area (TPSA) is 30.5 Å². The molecule has 19 heavy (non-hydrogen) atoms. The highest BCUT2D eigenvalue weighted by molar-refractivity contribution is 6.35. The molecule has 0 amide bonds. The Hall–Kier alpha value is -0.740. The average molecular weight is 304 g/mol. The Bertz CT molecular complexity index is 424. The summed E-state index contributed by atoms with van der Waals surface area (Å²) in [5.41, 5.74) is 0.919. The van der Waals surface area contributed by atoms with Gasteiger partial charge >= 0.3 is 0 Å². The van der Waals surface area contributed by atoms with E-state index in [0.29, 0.717) is 28.9 Å². The summed E-state index contributed by atoms with van der Waals surface area (Å²) in [5, 5.41) is 4.33. The highest BCUT2D eigenvalue weighted by atomic mass is 35.5. The Kier molecular flexibility index (Phi) is 7.24. The average Bonchev–Trinajstić information content (AvgIpc) is 2.38. The van der Waals surface area contributed by atoms with E-state index in [9.17, 15) is 0 Å². The summed E-state index contributed by atoms with van der Waals surface area (Å²) in [6.07, 6.45) is 1.60. The number of hydrogen-bond donors (Lipinski definition) is 1. The van der Waals surface area contributed by atoms with Crippen LogP contribution in [0.2, 0.25) is 10.0 Å². The maximum absolute atomic E-state index is 6.18. The molecule has 0 aliphatic rings. The van der Waals surface area contributed by atoms with Crippen LogP contribution in [0.1, 0.15) is 12.5 Å². The Labute approximate surface area is 124 Å². The zero-order valence-electron chi connectivity index (χ0n) is 11.2. The van der Waals surface area contributed by atoms with Gasteiger partial charge in [-0.1, -0.05) is 35.9 Å². The highest BCUT2D eigenvalue weighted by Crippen LogP contribution is 2.33. The number of hydrogen-bond acceptors (Lipinski definition) is 3. The molecule has 3 nitrogen and oxygen atoms in total. The minimum atomic E-state index is -0.114. The van der Waals surface area contributed by atoms with Gasteiger partial charge in [-0.2, -0.15) is 0 Å². The fourth-order valence-electron chi connectivity index (χ4n) is 1.51. The molecule has 0 aromatic heterocycles. The molecule has 1 atom stereocenters. The molecule has 0 heterocycles. The number of rotatable bonds is 8. The van der Waals surface area contributed by atoms with Gasteiger partial charge in [-0.05, 0) is 19.1 Å². The molecule has 0 spiro atoms. The number of ether oxygens (including phenoxy) is 2.